The number of rotatable bonds is 5. The van der Waals surface area contributed by atoms with Crippen molar-refractivity contribution in [3.05, 3.63) is 53.3 Å². The van der Waals surface area contributed by atoms with E-state index < -0.39 is 17.7 Å². The summed E-state index contributed by atoms with van der Waals surface area (Å²) in [6, 6.07) is 8.61. The van der Waals surface area contributed by atoms with Gasteiger partial charge in [-0.1, -0.05) is 0 Å². The van der Waals surface area contributed by atoms with Crippen LogP contribution in [0.2, 0.25) is 0 Å². The van der Waals surface area contributed by atoms with Crippen LogP contribution in [0.15, 0.2) is 36.4 Å². The smallest absolute Gasteiger partial charge is 0.416 e. The van der Waals surface area contributed by atoms with Gasteiger partial charge in [0, 0.05) is 18.8 Å². The number of carbonyl (C=O) groups excluding carboxylic acids is 1. The summed E-state index contributed by atoms with van der Waals surface area (Å²) in [6.45, 7) is 4.91. The van der Waals surface area contributed by atoms with Crippen LogP contribution in [-0.2, 0) is 11.0 Å². The van der Waals surface area contributed by atoms with Gasteiger partial charge in [-0.3, -0.25) is 4.79 Å². The lowest BCUT2D eigenvalue weighted by Gasteiger charge is -2.32. The van der Waals surface area contributed by atoms with Gasteiger partial charge in [0.05, 0.1) is 30.0 Å². The maximum Gasteiger partial charge on any atom is 0.416 e. The van der Waals surface area contributed by atoms with Crippen molar-refractivity contribution < 1.29 is 22.7 Å². The number of anilines is 2. The summed E-state index contributed by atoms with van der Waals surface area (Å²) in [6.07, 6.45) is -3.18. The molecule has 4 rings (SSSR count). The Labute approximate surface area is 194 Å². The molecule has 1 aromatic carbocycles. The van der Waals surface area contributed by atoms with Gasteiger partial charge < -0.3 is 15.0 Å². The van der Waals surface area contributed by atoms with E-state index in [2.05, 4.69) is 20.6 Å². The van der Waals surface area contributed by atoms with Crippen molar-refractivity contribution in [1.29, 1.82) is 0 Å². The van der Waals surface area contributed by atoms with Gasteiger partial charge in [0.1, 0.15) is 5.75 Å². The number of ether oxygens (including phenoxy) is 1. The maximum atomic E-state index is 13.1. The van der Waals surface area contributed by atoms with Crippen molar-refractivity contribution in [2.45, 2.75) is 32.9 Å². The fraction of sp³-hybridized carbons (Fsp3) is 0.391. The number of nitrogens with zero attached hydrogens (tertiary/aromatic N) is 5. The van der Waals surface area contributed by atoms with Crippen molar-refractivity contribution in [3.8, 4) is 11.6 Å². The Bertz CT molecular complexity index is 1180. The number of methoxy groups -OCH3 is 1. The largest absolute Gasteiger partial charge is 0.495 e. The summed E-state index contributed by atoms with van der Waals surface area (Å²) >= 11 is 0. The molecule has 11 heteroatoms. The number of amides is 1. The molecule has 1 fully saturated rings. The zero-order chi connectivity index (χ0) is 24.5. The van der Waals surface area contributed by atoms with Gasteiger partial charge in [-0.2, -0.15) is 18.3 Å². The molecular weight excluding hydrogens is 449 g/mol. The van der Waals surface area contributed by atoms with Gasteiger partial charge in [-0.05, 0) is 63.1 Å². The van der Waals surface area contributed by atoms with Gasteiger partial charge in [0.15, 0.2) is 11.6 Å². The van der Waals surface area contributed by atoms with E-state index in [-0.39, 0.29) is 17.3 Å². The molecule has 2 aromatic heterocycles. The van der Waals surface area contributed by atoms with Crippen LogP contribution in [0.25, 0.3) is 5.82 Å². The third kappa shape index (κ3) is 4.97. The zero-order valence-corrected chi connectivity index (χ0v) is 19.1. The van der Waals surface area contributed by atoms with Crippen LogP contribution in [-0.4, -0.2) is 46.1 Å². The van der Waals surface area contributed by atoms with Crippen molar-refractivity contribution >= 4 is 17.4 Å². The lowest BCUT2D eigenvalue weighted by Crippen LogP contribution is -2.41. The molecule has 0 saturated carbocycles. The van der Waals surface area contributed by atoms with Crippen LogP contribution in [0.5, 0.6) is 5.75 Å². The van der Waals surface area contributed by atoms with E-state index in [9.17, 15) is 18.0 Å². The molecule has 1 amide bonds. The first-order chi connectivity index (χ1) is 16.2. The summed E-state index contributed by atoms with van der Waals surface area (Å²) in [4.78, 5) is 14.9. The third-order valence-electron chi connectivity index (χ3n) is 5.76. The minimum Gasteiger partial charge on any atom is -0.495 e. The predicted octanol–water partition coefficient (Wildman–Crippen LogP) is 4.16. The first-order valence-corrected chi connectivity index (χ1v) is 10.8. The summed E-state index contributed by atoms with van der Waals surface area (Å²) < 4.78 is 46.2. The highest BCUT2D eigenvalue weighted by Gasteiger charge is 2.32. The van der Waals surface area contributed by atoms with Gasteiger partial charge in [0.25, 0.3) is 0 Å². The zero-order valence-electron chi connectivity index (χ0n) is 19.1. The summed E-state index contributed by atoms with van der Waals surface area (Å²) in [5.74, 6) is 0.594. The van der Waals surface area contributed by atoms with Gasteiger partial charge >= 0.3 is 6.18 Å². The standard InChI is InChI=1S/C23H25F3N6O2/c1-14-11-15(2)32(30-14)21-9-8-20(28-29-21)31-10-4-5-16(13-31)22(33)27-18-12-17(23(24,25)26)6-7-19(18)34-3/h6-9,11-12,16H,4-5,10,13H2,1-3H3,(H,27,33). The summed E-state index contributed by atoms with van der Waals surface area (Å²) in [7, 11) is 1.34. The average Bonchev–Trinajstić information content (AvgIpc) is 3.16. The van der Waals surface area contributed by atoms with Crippen molar-refractivity contribution in [2.24, 2.45) is 5.92 Å². The Balaban J connectivity index is 1.47. The fourth-order valence-electron chi connectivity index (χ4n) is 4.08. The highest BCUT2D eigenvalue weighted by molar-refractivity contribution is 5.94. The molecule has 1 aliphatic heterocycles. The van der Waals surface area contributed by atoms with Crippen LogP contribution in [0.1, 0.15) is 29.8 Å². The lowest BCUT2D eigenvalue weighted by molar-refractivity contribution is -0.137. The Morgan fingerprint density at radius 2 is 1.85 bits per heavy atom. The highest BCUT2D eigenvalue weighted by atomic mass is 19.4. The molecular formula is C23H25F3N6O2. The Kier molecular flexibility index (Phi) is 6.45. The third-order valence-corrected chi connectivity index (χ3v) is 5.76. The molecule has 3 heterocycles. The van der Waals surface area contributed by atoms with E-state index in [1.807, 2.05) is 36.9 Å². The minimum absolute atomic E-state index is 0.00604. The number of nitrogens with one attached hydrogen (secondary N) is 1. The first-order valence-electron chi connectivity index (χ1n) is 10.8. The monoisotopic (exact) mass is 474 g/mol. The molecule has 1 N–H and O–H groups in total. The molecule has 1 aliphatic rings. The molecule has 0 spiro atoms. The molecule has 0 radical (unpaired) electrons. The van der Waals surface area contributed by atoms with E-state index in [1.54, 1.807) is 4.68 Å². The number of aromatic nitrogens is 4. The van der Waals surface area contributed by atoms with Gasteiger partial charge in [-0.25, -0.2) is 4.68 Å². The topological polar surface area (TPSA) is 85.2 Å². The number of halogens is 3. The Morgan fingerprint density at radius 3 is 2.47 bits per heavy atom. The van der Waals surface area contributed by atoms with E-state index >= 15 is 0 Å². The summed E-state index contributed by atoms with van der Waals surface area (Å²) in [5.41, 5.74) is 0.963. The molecule has 34 heavy (non-hydrogen) atoms. The molecule has 0 aliphatic carbocycles. The van der Waals surface area contributed by atoms with E-state index in [0.29, 0.717) is 31.1 Å². The fourth-order valence-corrected chi connectivity index (χ4v) is 4.08. The van der Waals surface area contributed by atoms with Gasteiger partial charge in [0.2, 0.25) is 5.91 Å². The number of aryl methyl sites for hydroxylation is 2. The Morgan fingerprint density at radius 1 is 1.12 bits per heavy atom. The second-order valence-corrected chi connectivity index (χ2v) is 8.28. The molecule has 8 nitrogen and oxygen atoms in total. The molecule has 180 valence electrons. The normalized spacial score (nSPS) is 16.4. The van der Waals surface area contributed by atoms with Crippen molar-refractivity contribution in [3.63, 3.8) is 0 Å². The van der Waals surface area contributed by atoms with Crippen LogP contribution in [0.3, 0.4) is 0 Å². The first kappa shape index (κ1) is 23.5. The van der Waals surface area contributed by atoms with E-state index in [0.717, 1.165) is 29.9 Å². The van der Waals surface area contributed by atoms with E-state index in [1.165, 1.54) is 13.2 Å². The second kappa shape index (κ2) is 9.32. The average molecular weight is 474 g/mol. The van der Waals surface area contributed by atoms with Crippen LogP contribution >= 0.6 is 0 Å². The number of piperidine rings is 1. The van der Waals surface area contributed by atoms with Gasteiger partial charge in [-0.15, -0.1) is 10.2 Å². The Hall–Kier alpha value is -3.63. The SMILES string of the molecule is COc1ccc(C(F)(F)F)cc1NC(=O)C1CCCN(c2ccc(-n3nc(C)cc3C)nn2)C1. The maximum absolute atomic E-state index is 13.1. The van der Waals surface area contributed by atoms with E-state index in [4.69, 9.17) is 4.74 Å². The highest BCUT2D eigenvalue weighted by Crippen LogP contribution is 2.35. The molecule has 3 aromatic rings. The number of hydrogen-bond donors (Lipinski definition) is 1. The van der Waals surface area contributed by atoms with Crippen molar-refractivity contribution in [2.75, 3.05) is 30.4 Å². The molecule has 1 unspecified atom stereocenters. The molecule has 1 atom stereocenters. The number of hydrogen-bond acceptors (Lipinski definition) is 6. The lowest BCUT2D eigenvalue weighted by atomic mass is 9.97. The quantitative estimate of drug-likeness (QED) is 0.598. The minimum atomic E-state index is -4.52. The van der Waals surface area contributed by atoms with Crippen LogP contribution in [0, 0.1) is 19.8 Å². The van der Waals surface area contributed by atoms with Crippen LogP contribution in [0.4, 0.5) is 24.7 Å². The van der Waals surface area contributed by atoms with Crippen LogP contribution < -0.4 is 15.0 Å². The summed E-state index contributed by atoms with van der Waals surface area (Å²) in [5, 5.41) is 15.6. The number of carbonyl (C=O) groups is 1. The second-order valence-electron chi connectivity index (χ2n) is 8.28. The van der Waals surface area contributed by atoms with Crippen molar-refractivity contribution in [1.82, 2.24) is 20.0 Å². The molecule has 0 bridgehead atoms. The number of benzene rings is 1. The predicted molar refractivity (Wildman–Crippen MR) is 120 cm³/mol. The number of alkyl halides is 3. The molecule has 1 saturated heterocycles.